The normalized spacial score (nSPS) is 27.6. The van der Waals surface area contributed by atoms with E-state index < -0.39 is 9.28 Å². The number of hydrogen-bond acceptors (Lipinski definition) is 6. The highest BCUT2D eigenvalue weighted by Crippen LogP contribution is 2.35. The van der Waals surface area contributed by atoms with Crippen LogP contribution in [0.15, 0.2) is 6.07 Å². The van der Waals surface area contributed by atoms with Crippen molar-refractivity contribution in [2.24, 2.45) is 0 Å². The molecule has 0 unspecified atom stereocenters. The Morgan fingerprint density at radius 2 is 2.04 bits per heavy atom. The number of H-pyrrole nitrogens is 1. The van der Waals surface area contributed by atoms with E-state index in [2.05, 4.69) is 35.7 Å². The molecule has 0 aliphatic carbocycles. The Labute approximate surface area is 148 Å². The number of imidazole rings is 1. The smallest absolute Gasteiger partial charge is 0.391 e. The van der Waals surface area contributed by atoms with E-state index in [1.54, 1.807) is 0 Å². The van der Waals surface area contributed by atoms with Crippen molar-refractivity contribution in [2.75, 3.05) is 13.2 Å². The summed E-state index contributed by atoms with van der Waals surface area (Å²) in [6.07, 6.45) is -0.390. The molecule has 2 saturated heterocycles. The summed E-state index contributed by atoms with van der Waals surface area (Å²) >= 11 is 0. The second-order valence-electron chi connectivity index (χ2n) is 7.76. The third kappa shape index (κ3) is 3.19. The van der Waals surface area contributed by atoms with Crippen LogP contribution in [0.25, 0.3) is 11.2 Å². The van der Waals surface area contributed by atoms with Gasteiger partial charge in [-0.3, -0.25) is 0 Å². The average molecular weight is 362 g/mol. The van der Waals surface area contributed by atoms with Gasteiger partial charge in [0.25, 0.3) is 6.01 Å². The minimum atomic E-state index is -1.38. The van der Waals surface area contributed by atoms with Crippen molar-refractivity contribution < 1.29 is 18.3 Å². The molecule has 0 saturated carbocycles. The molecule has 0 amide bonds. The predicted molar refractivity (Wildman–Crippen MR) is 93.8 cm³/mol. The Kier molecular flexibility index (Phi) is 4.10. The summed E-state index contributed by atoms with van der Waals surface area (Å²) in [5.74, 6) is 0. The van der Waals surface area contributed by atoms with Crippen LogP contribution in [0.3, 0.4) is 0 Å². The fraction of sp³-hybridized carbons (Fsp3) is 0.647. The van der Waals surface area contributed by atoms with Crippen LogP contribution in [0, 0.1) is 13.8 Å². The number of fused-ring (bicyclic) bond motifs is 2. The highest BCUT2D eigenvalue weighted by atomic mass is 28.3. The highest BCUT2D eigenvalue weighted by molar-refractivity contribution is 6.48. The number of nitrogens with zero attached hydrogens (tertiary/aromatic N) is 2. The van der Waals surface area contributed by atoms with Crippen molar-refractivity contribution in [1.82, 2.24) is 15.0 Å². The van der Waals surface area contributed by atoms with Crippen molar-refractivity contribution in [3.8, 4) is 6.01 Å². The summed E-state index contributed by atoms with van der Waals surface area (Å²) in [7, 11) is -1.38. The maximum atomic E-state index is 6.24. The van der Waals surface area contributed by atoms with Crippen LogP contribution in [-0.4, -0.2) is 55.8 Å². The second-order valence-corrected chi connectivity index (χ2v) is 10.4. The first-order chi connectivity index (χ1) is 11.8. The summed E-state index contributed by atoms with van der Waals surface area (Å²) in [5.41, 5.74) is 3.64. The van der Waals surface area contributed by atoms with Gasteiger partial charge < -0.3 is 23.3 Å². The molecular formula is C17H24N3O4Si. The number of pyridine rings is 1. The molecule has 0 spiro atoms. The van der Waals surface area contributed by atoms with Gasteiger partial charge in [0.2, 0.25) is 0 Å². The summed E-state index contributed by atoms with van der Waals surface area (Å²) in [6, 6.07) is 2.50. The minimum absolute atomic E-state index is 0.00110. The van der Waals surface area contributed by atoms with Gasteiger partial charge in [-0.25, -0.2) is 4.98 Å². The first-order valence-corrected chi connectivity index (χ1v) is 9.92. The maximum absolute atomic E-state index is 6.24. The van der Waals surface area contributed by atoms with Crippen molar-refractivity contribution in [1.29, 1.82) is 0 Å². The van der Waals surface area contributed by atoms with Crippen molar-refractivity contribution in [2.45, 2.75) is 58.0 Å². The van der Waals surface area contributed by atoms with Crippen molar-refractivity contribution >= 4 is 20.4 Å². The SMILES string of the molecule is Cc1cc2[nH]c(O[C@@H]3CO[C@H]4CO[Si](C(C)(C)C)O[C@@H]43)nc2nc1C. The Morgan fingerprint density at radius 1 is 1.24 bits per heavy atom. The quantitative estimate of drug-likeness (QED) is 0.827. The van der Waals surface area contributed by atoms with Gasteiger partial charge >= 0.3 is 9.28 Å². The minimum Gasteiger partial charge on any atom is -0.456 e. The molecule has 2 fully saturated rings. The summed E-state index contributed by atoms with van der Waals surface area (Å²) in [4.78, 5) is 12.2. The standard InChI is InChI=1S/C17H24N3O4Si/c1-9-6-11-15(18-10(9)2)20-16(19-11)23-13-7-21-12-8-22-25(17(3,4)5)24-14(12)13/h6,12-14H,7-8H2,1-5H3,(H,18,19,20)/t12-,13+,14-/m0/s1. The zero-order valence-corrected chi connectivity index (χ0v) is 16.3. The van der Waals surface area contributed by atoms with E-state index >= 15 is 0 Å². The topological polar surface area (TPSA) is 78.5 Å². The van der Waals surface area contributed by atoms with Gasteiger partial charge in [-0.15, -0.1) is 0 Å². The molecule has 0 aromatic carbocycles. The lowest BCUT2D eigenvalue weighted by Gasteiger charge is -2.37. The van der Waals surface area contributed by atoms with E-state index in [9.17, 15) is 0 Å². The molecule has 1 radical (unpaired) electrons. The molecule has 25 heavy (non-hydrogen) atoms. The number of rotatable bonds is 2. The van der Waals surface area contributed by atoms with Crippen LogP contribution in [0.2, 0.25) is 5.04 Å². The molecule has 4 rings (SSSR count). The Balaban J connectivity index is 1.52. The molecule has 8 heteroatoms. The molecule has 135 valence electrons. The predicted octanol–water partition coefficient (Wildman–Crippen LogP) is 2.42. The van der Waals surface area contributed by atoms with Crippen LogP contribution in [0.1, 0.15) is 32.0 Å². The van der Waals surface area contributed by atoms with Gasteiger partial charge in [-0.05, 0) is 25.5 Å². The molecule has 7 nitrogen and oxygen atoms in total. The lowest BCUT2D eigenvalue weighted by atomic mass is 10.1. The molecule has 2 aliphatic rings. The first kappa shape index (κ1) is 17.0. The summed E-state index contributed by atoms with van der Waals surface area (Å²) in [5, 5.41) is 0.00110. The molecule has 2 aromatic heterocycles. The number of aryl methyl sites for hydroxylation is 2. The lowest BCUT2D eigenvalue weighted by molar-refractivity contribution is -0.0452. The van der Waals surface area contributed by atoms with E-state index in [-0.39, 0.29) is 23.4 Å². The molecule has 1 N–H and O–H groups in total. The van der Waals surface area contributed by atoms with E-state index in [4.69, 9.17) is 18.3 Å². The van der Waals surface area contributed by atoms with Gasteiger partial charge in [0.05, 0.1) is 18.7 Å². The third-order valence-corrected chi connectivity index (χ3v) is 6.74. The lowest BCUT2D eigenvalue weighted by Crippen LogP contribution is -2.52. The Hall–Kier alpha value is -1.48. The fourth-order valence-electron chi connectivity index (χ4n) is 3.06. The second kappa shape index (κ2) is 6.05. The number of aromatic amines is 1. The number of hydrogen-bond donors (Lipinski definition) is 1. The molecular weight excluding hydrogens is 338 g/mol. The first-order valence-electron chi connectivity index (χ1n) is 8.60. The summed E-state index contributed by atoms with van der Waals surface area (Å²) in [6.45, 7) is 11.5. The van der Waals surface area contributed by atoms with Gasteiger partial charge in [0, 0.05) is 10.7 Å². The Morgan fingerprint density at radius 3 is 2.80 bits per heavy atom. The maximum Gasteiger partial charge on any atom is 0.391 e. The molecule has 0 bridgehead atoms. The number of nitrogens with one attached hydrogen (secondary N) is 1. The molecule has 2 aromatic rings. The van der Waals surface area contributed by atoms with Gasteiger partial charge in [0.15, 0.2) is 11.8 Å². The van der Waals surface area contributed by atoms with E-state index in [0.29, 0.717) is 24.9 Å². The number of aromatic nitrogens is 3. The zero-order valence-electron chi connectivity index (χ0n) is 15.3. The van der Waals surface area contributed by atoms with Crippen LogP contribution >= 0.6 is 0 Å². The van der Waals surface area contributed by atoms with Crippen molar-refractivity contribution in [3.63, 3.8) is 0 Å². The largest absolute Gasteiger partial charge is 0.456 e. The van der Waals surface area contributed by atoms with Crippen LogP contribution < -0.4 is 4.74 Å². The highest BCUT2D eigenvalue weighted by Gasteiger charge is 2.49. The van der Waals surface area contributed by atoms with E-state index in [1.807, 2.05) is 19.9 Å². The third-order valence-electron chi connectivity index (χ3n) is 4.60. The van der Waals surface area contributed by atoms with Crippen LogP contribution in [-0.2, 0) is 13.6 Å². The van der Waals surface area contributed by atoms with Crippen LogP contribution in [0.5, 0.6) is 6.01 Å². The molecule has 3 atom stereocenters. The summed E-state index contributed by atoms with van der Waals surface area (Å²) < 4.78 is 24.0. The van der Waals surface area contributed by atoms with Gasteiger partial charge in [-0.2, -0.15) is 4.98 Å². The molecule has 2 aliphatic heterocycles. The average Bonchev–Trinajstić information content (AvgIpc) is 3.11. The number of ether oxygens (including phenoxy) is 2. The van der Waals surface area contributed by atoms with Crippen molar-refractivity contribution in [3.05, 3.63) is 17.3 Å². The van der Waals surface area contributed by atoms with Gasteiger partial charge in [-0.1, -0.05) is 20.8 Å². The molecule has 4 heterocycles. The van der Waals surface area contributed by atoms with E-state index in [1.165, 1.54) is 0 Å². The van der Waals surface area contributed by atoms with E-state index in [0.717, 1.165) is 16.8 Å². The Bertz CT molecular complexity index is 749. The van der Waals surface area contributed by atoms with Crippen LogP contribution in [0.4, 0.5) is 0 Å². The fourth-order valence-corrected chi connectivity index (χ4v) is 4.78. The monoisotopic (exact) mass is 362 g/mol. The van der Waals surface area contributed by atoms with Gasteiger partial charge in [0.1, 0.15) is 12.2 Å². The zero-order chi connectivity index (χ0) is 17.8.